The molecule has 0 bridgehead atoms. The van der Waals surface area contributed by atoms with Gasteiger partial charge in [-0.1, -0.05) is 32.0 Å². The molecule has 2 heteroatoms. The van der Waals surface area contributed by atoms with Crippen LogP contribution in [0.15, 0.2) is 24.3 Å². The Hall–Kier alpha value is -1.02. The van der Waals surface area contributed by atoms with Crippen LogP contribution in [-0.2, 0) is 0 Å². The van der Waals surface area contributed by atoms with E-state index in [0.29, 0.717) is 5.75 Å². The number of hydrogen-bond donors (Lipinski definition) is 2. The minimum atomic E-state index is 0.216. The number of rotatable bonds is 6. The van der Waals surface area contributed by atoms with Gasteiger partial charge in [-0.05, 0) is 38.3 Å². The number of phenols is 1. The quantitative estimate of drug-likeness (QED) is 0.721. The second-order valence-electron chi connectivity index (χ2n) is 4.77. The first-order chi connectivity index (χ1) is 7.61. The maximum Gasteiger partial charge on any atom is 0.120 e. The van der Waals surface area contributed by atoms with Crippen molar-refractivity contribution in [2.45, 2.75) is 39.7 Å². The van der Waals surface area contributed by atoms with Crippen LogP contribution in [0.1, 0.15) is 45.2 Å². The third-order valence-electron chi connectivity index (χ3n) is 2.81. The molecule has 0 aliphatic carbocycles. The van der Waals surface area contributed by atoms with Crippen LogP contribution in [-0.4, -0.2) is 11.7 Å². The van der Waals surface area contributed by atoms with Gasteiger partial charge in [-0.25, -0.2) is 0 Å². The van der Waals surface area contributed by atoms with Gasteiger partial charge in [0.15, 0.2) is 0 Å². The molecular weight excluding hydrogens is 198 g/mol. The number of para-hydroxylation sites is 1. The van der Waals surface area contributed by atoms with Gasteiger partial charge in [0.2, 0.25) is 0 Å². The molecule has 1 aromatic carbocycles. The Labute approximate surface area is 98.7 Å². The summed E-state index contributed by atoms with van der Waals surface area (Å²) >= 11 is 0. The van der Waals surface area contributed by atoms with Gasteiger partial charge >= 0.3 is 0 Å². The summed E-state index contributed by atoms with van der Waals surface area (Å²) in [5, 5.41) is 13.1. The molecule has 0 saturated carbocycles. The minimum absolute atomic E-state index is 0.216. The van der Waals surface area contributed by atoms with Crippen molar-refractivity contribution in [2.75, 3.05) is 6.54 Å². The molecule has 1 atom stereocenters. The maximum absolute atomic E-state index is 9.69. The Balaban J connectivity index is 2.35. The van der Waals surface area contributed by atoms with Crippen LogP contribution in [0.5, 0.6) is 5.75 Å². The van der Waals surface area contributed by atoms with E-state index in [-0.39, 0.29) is 6.04 Å². The Morgan fingerprint density at radius 1 is 1.19 bits per heavy atom. The summed E-state index contributed by atoms with van der Waals surface area (Å²) in [7, 11) is 0. The van der Waals surface area contributed by atoms with Crippen molar-refractivity contribution in [1.82, 2.24) is 5.32 Å². The molecule has 0 spiro atoms. The van der Waals surface area contributed by atoms with E-state index in [1.54, 1.807) is 6.07 Å². The zero-order valence-corrected chi connectivity index (χ0v) is 10.5. The zero-order valence-electron chi connectivity index (χ0n) is 10.5. The monoisotopic (exact) mass is 221 g/mol. The van der Waals surface area contributed by atoms with Crippen molar-refractivity contribution in [2.24, 2.45) is 5.92 Å². The van der Waals surface area contributed by atoms with Crippen molar-refractivity contribution in [3.8, 4) is 5.75 Å². The fraction of sp³-hybridized carbons (Fsp3) is 0.571. The number of benzene rings is 1. The van der Waals surface area contributed by atoms with E-state index in [9.17, 15) is 5.11 Å². The first kappa shape index (κ1) is 13.0. The maximum atomic E-state index is 9.69. The van der Waals surface area contributed by atoms with Crippen LogP contribution >= 0.6 is 0 Å². The molecule has 90 valence electrons. The molecule has 2 nitrogen and oxygen atoms in total. The van der Waals surface area contributed by atoms with Crippen molar-refractivity contribution in [1.29, 1.82) is 0 Å². The molecule has 0 heterocycles. The molecule has 0 aliphatic rings. The van der Waals surface area contributed by atoms with E-state index in [1.165, 1.54) is 12.8 Å². The second-order valence-corrected chi connectivity index (χ2v) is 4.77. The smallest absolute Gasteiger partial charge is 0.120 e. The largest absolute Gasteiger partial charge is 0.508 e. The lowest BCUT2D eigenvalue weighted by Gasteiger charge is -2.15. The highest BCUT2D eigenvalue weighted by Crippen LogP contribution is 2.22. The van der Waals surface area contributed by atoms with E-state index < -0.39 is 0 Å². The Morgan fingerprint density at radius 3 is 2.50 bits per heavy atom. The van der Waals surface area contributed by atoms with E-state index in [0.717, 1.165) is 18.0 Å². The Morgan fingerprint density at radius 2 is 1.88 bits per heavy atom. The first-order valence-corrected chi connectivity index (χ1v) is 6.12. The molecular formula is C14H23NO. The van der Waals surface area contributed by atoms with Crippen LogP contribution in [0.3, 0.4) is 0 Å². The van der Waals surface area contributed by atoms with Gasteiger partial charge in [-0.3, -0.25) is 0 Å². The van der Waals surface area contributed by atoms with Crippen molar-refractivity contribution >= 4 is 0 Å². The summed E-state index contributed by atoms with van der Waals surface area (Å²) in [6, 6.07) is 7.73. The molecule has 2 N–H and O–H groups in total. The number of hydrogen-bond acceptors (Lipinski definition) is 2. The van der Waals surface area contributed by atoms with E-state index in [4.69, 9.17) is 0 Å². The Bertz CT molecular complexity index is 309. The molecule has 0 aromatic heterocycles. The van der Waals surface area contributed by atoms with E-state index in [2.05, 4.69) is 26.1 Å². The average Bonchev–Trinajstić information content (AvgIpc) is 2.24. The van der Waals surface area contributed by atoms with Gasteiger partial charge in [0.25, 0.3) is 0 Å². The molecule has 16 heavy (non-hydrogen) atoms. The molecule has 0 radical (unpaired) electrons. The SMILES string of the molecule is CC(C)CCCNC(C)c1ccccc1O. The summed E-state index contributed by atoms with van der Waals surface area (Å²) in [5.74, 6) is 1.15. The molecule has 1 aromatic rings. The molecule has 0 saturated heterocycles. The summed E-state index contributed by atoms with van der Waals surface area (Å²) in [6.07, 6.45) is 2.44. The highest BCUT2D eigenvalue weighted by molar-refractivity contribution is 5.33. The predicted molar refractivity (Wildman–Crippen MR) is 68.6 cm³/mol. The standard InChI is InChI=1S/C14H23NO/c1-11(2)7-6-10-15-12(3)13-8-4-5-9-14(13)16/h4-5,8-9,11-12,15-16H,6-7,10H2,1-3H3. The van der Waals surface area contributed by atoms with Crippen LogP contribution < -0.4 is 5.32 Å². The molecule has 0 fully saturated rings. The van der Waals surface area contributed by atoms with Crippen molar-refractivity contribution < 1.29 is 5.11 Å². The Kier molecular flexibility index (Phi) is 5.33. The fourth-order valence-corrected chi connectivity index (χ4v) is 1.79. The fourth-order valence-electron chi connectivity index (χ4n) is 1.79. The number of nitrogens with one attached hydrogen (secondary N) is 1. The second kappa shape index (κ2) is 6.54. The van der Waals surface area contributed by atoms with Gasteiger partial charge in [0, 0.05) is 11.6 Å². The topological polar surface area (TPSA) is 32.3 Å². The minimum Gasteiger partial charge on any atom is -0.508 e. The van der Waals surface area contributed by atoms with Crippen LogP contribution in [0.25, 0.3) is 0 Å². The molecule has 1 unspecified atom stereocenters. The van der Waals surface area contributed by atoms with Crippen molar-refractivity contribution in [3.05, 3.63) is 29.8 Å². The lowest BCUT2D eigenvalue weighted by Crippen LogP contribution is -2.20. The van der Waals surface area contributed by atoms with Gasteiger partial charge in [-0.15, -0.1) is 0 Å². The van der Waals surface area contributed by atoms with Crippen LogP contribution in [0.4, 0.5) is 0 Å². The average molecular weight is 221 g/mol. The summed E-state index contributed by atoms with van der Waals surface area (Å²) in [4.78, 5) is 0. The number of aromatic hydroxyl groups is 1. The highest BCUT2D eigenvalue weighted by atomic mass is 16.3. The highest BCUT2D eigenvalue weighted by Gasteiger charge is 2.08. The third-order valence-corrected chi connectivity index (χ3v) is 2.81. The summed E-state index contributed by atoms with van der Waals surface area (Å²) in [6.45, 7) is 7.58. The summed E-state index contributed by atoms with van der Waals surface area (Å²) < 4.78 is 0. The normalized spacial score (nSPS) is 13.0. The molecule has 1 rings (SSSR count). The van der Waals surface area contributed by atoms with E-state index >= 15 is 0 Å². The van der Waals surface area contributed by atoms with Gasteiger partial charge in [0.05, 0.1) is 0 Å². The lowest BCUT2D eigenvalue weighted by molar-refractivity contribution is 0.446. The van der Waals surface area contributed by atoms with Gasteiger partial charge < -0.3 is 10.4 Å². The predicted octanol–water partition coefficient (Wildman–Crippen LogP) is 3.48. The summed E-state index contributed by atoms with van der Waals surface area (Å²) in [5.41, 5.74) is 0.979. The zero-order chi connectivity index (χ0) is 12.0. The lowest BCUT2D eigenvalue weighted by atomic mass is 10.1. The molecule has 0 amide bonds. The molecule has 0 aliphatic heterocycles. The van der Waals surface area contributed by atoms with Crippen molar-refractivity contribution in [3.63, 3.8) is 0 Å². The third kappa shape index (κ3) is 4.23. The number of phenolic OH excluding ortho intramolecular Hbond substituents is 1. The van der Waals surface area contributed by atoms with E-state index in [1.807, 2.05) is 18.2 Å². The van der Waals surface area contributed by atoms with Crippen LogP contribution in [0, 0.1) is 5.92 Å². The van der Waals surface area contributed by atoms with Gasteiger partial charge in [-0.2, -0.15) is 0 Å². The first-order valence-electron chi connectivity index (χ1n) is 6.12. The van der Waals surface area contributed by atoms with Gasteiger partial charge in [0.1, 0.15) is 5.75 Å². The van der Waals surface area contributed by atoms with Crippen LogP contribution in [0.2, 0.25) is 0 Å².